The van der Waals surface area contributed by atoms with Crippen molar-refractivity contribution in [2.45, 2.75) is 0 Å². The van der Waals surface area contributed by atoms with E-state index in [9.17, 15) is 0 Å². The Morgan fingerprint density at radius 3 is 1.63 bits per heavy atom. The molecule has 0 saturated heterocycles. The summed E-state index contributed by atoms with van der Waals surface area (Å²) in [5.74, 6) is 1.82. The molecule has 0 aliphatic rings. The number of para-hydroxylation sites is 3. The molecule has 12 rings (SSSR count). The maximum atomic E-state index is 5.35. The van der Waals surface area contributed by atoms with Crippen LogP contribution in [0, 0.1) is 0 Å². The smallest absolute Gasteiger partial charge is 0.238 e. The lowest BCUT2D eigenvalue weighted by Crippen LogP contribution is -2.06. The Morgan fingerprint density at radius 2 is 0.860 bits per heavy atom. The van der Waals surface area contributed by atoms with Gasteiger partial charge in [0, 0.05) is 58.5 Å². The van der Waals surface area contributed by atoms with Crippen molar-refractivity contribution in [3.8, 4) is 45.5 Å². The Balaban J connectivity index is 1.12. The monoisotopic (exact) mass is 745 g/mol. The molecule has 266 valence electrons. The Kier molecular flexibility index (Phi) is 7.03. The average molecular weight is 746 g/mol. The standard InChI is InChI=1S/C51H31N5S/c1-3-13-32(14-4-1)33-25-28-45-42(29-33)38-18-8-11-21-44(38)56(45)51-53-49(52-50(54-51)35-24-27-41-40-19-9-12-22-47(40)57-48(41)31-35)34-23-26-39-37-17-7-10-20-43(37)55(46(39)30-34)36-15-5-2-6-16-36/h1-31H. The highest BCUT2D eigenvalue weighted by Gasteiger charge is 2.20. The summed E-state index contributed by atoms with van der Waals surface area (Å²) in [6, 6.07) is 66.7. The van der Waals surface area contributed by atoms with E-state index in [1.54, 1.807) is 11.3 Å². The van der Waals surface area contributed by atoms with Gasteiger partial charge in [-0.15, -0.1) is 11.3 Å². The Bertz CT molecular complexity index is 3520. The first-order valence-electron chi connectivity index (χ1n) is 19.1. The molecule has 0 fully saturated rings. The molecule has 6 heteroatoms. The van der Waals surface area contributed by atoms with Gasteiger partial charge >= 0.3 is 0 Å². The van der Waals surface area contributed by atoms with E-state index in [1.165, 1.54) is 42.1 Å². The van der Waals surface area contributed by atoms with Crippen molar-refractivity contribution in [3.05, 3.63) is 188 Å². The van der Waals surface area contributed by atoms with Crippen molar-refractivity contribution in [2.75, 3.05) is 0 Å². The van der Waals surface area contributed by atoms with Crippen LogP contribution in [-0.4, -0.2) is 24.1 Å². The molecule has 4 heterocycles. The molecule has 5 nitrogen and oxygen atoms in total. The van der Waals surface area contributed by atoms with E-state index in [2.05, 4.69) is 197 Å². The number of rotatable bonds is 5. The highest BCUT2D eigenvalue weighted by Crippen LogP contribution is 2.39. The molecule has 0 N–H and O–H groups in total. The van der Waals surface area contributed by atoms with E-state index in [1.807, 2.05) is 0 Å². The van der Waals surface area contributed by atoms with Crippen molar-refractivity contribution >= 4 is 75.1 Å². The molecule has 12 aromatic rings. The topological polar surface area (TPSA) is 48.5 Å². The number of aromatic nitrogens is 5. The third-order valence-electron chi connectivity index (χ3n) is 11.2. The lowest BCUT2D eigenvalue weighted by atomic mass is 10.0. The van der Waals surface area contributed by atoms with E-state index in [-0.39, 0.29) is 0 Å². The normalized spacial score (nSPS) is 11.9. The molecule has 0 aliphatic carbocycles. The van der Waals surface area contributed by atoms with Crippen LogP contribution in [0.25, 0.3) is 109 Å². The van der Waals surface area contributed by atoms with Gasteiger partial charge in [0.1, 0.15) is 0 Å². The van der Waals surface area contributed by atoms with Crippen LogP contribution < -0.4 is 0 Å². The molecule has 0 atom stereocenters. The Hall–Kier alpha value is -7.41. The summed E-state index contributed by atoms with van der Waals surface area (Å²) in [6.45, 7) is 0. The Morgan fingerprint density at radius 1 is 0.316 bits per heavy atom. The number of nitrogens with zero attached hydrogens (tertiary/aromatic N) is 5. The minimum Gasteiger partial charge on any atom is -0.309 e. The molecule has 0 amide bonds. The van der Waals surface area contributed by atoms with E-state index in [4.69, 9.17) is 15.0 Å². The van der Waals surface area contributed by atoms with Gasteiger partial charge < -0.3 is 4.57 Å². The maximum Gasteiger partial charge on any atom is 0.238 e. The van der Waals surface area contributed by atoms with E-state index in [0.29, 0.717) is 17.6 Å². The van der Waals surface area contributed by atoms with Crippen LogP contribution in [0.1, 0.15) is 0 Å². The molecule has 0 saturated carbocycles. The van der Waals surface area contributed by atoms with Gasteiger partial charge in [-0.3, -0.25) is 4.57 Å². The predicted octanol–water partition coefficient (Wildman–Crippen LogP) is 13.4. The van der Waals surface area contributed by atoms with Gasteiger partial charge in [0.25, 0.3) is 0 Å². The zero-order valence-electron chi connectivity index (χ0n) is 30.5. The summed E-state index contributed by atoms with van der Waals surface area (Å²) in [6.07, 6.45) is 0. The first kappa shape index (κ1) is 31.9. The average Bonchev–Trinajstić information content (AvgIpc) is 3.93. The van der Waals surface area contributed by atoms with Crippen molar-refractivity contribution < 1.29 is 0 Å². The molecular weight excluding hydrogens is 715 g/mol. The van der Waals surface area contributed by atoms with Gasteiger partial charge in [-0.05, 0) is 65.7 Å². The maximum absolute atomic E-state index is 5.35. The molecule has 0 bridgehead atoms. The quantitative estimate of drug-likeness (QED) is 0.176. The lowest BCUT2D eigenvalue weighted by Gasteiger charge is -2.12. The van der Waals surface area contributed by atoms with Crippen LogP contribution in [0.4, 0.5) is 0 Å². The fraction of sp³-hybridized carbons (Fsp3) is 0. The van der Waals surface area contributed by atoms with Gasteiger partial charge in [-0.25, -0.2) is 4.98 Å². The summed E-state index contributed by atoms with van der Waals surface area (Å²) in [7, 11) is 0. The van der Waals surface area contributed by atoms with Crippen LogP contribution in [0.3, 0.4) is 0 Å². The van der Waals surface area contributed by atoms with Crippen LogP contribution in [0.5, 0.6) is 0 Å². The molecular formula is C51H31N5S. The highest BCUT2D eigenvalue weighted by atomic mass is 32.1. The third-order valence-corrected chi connectivity index (χ3v) is 12.3. The van der Waals surface area contributed by atoms with E-state index >= 15 is 0 Å². The lowest BCUT2D eigenvalue weighted by molar-refractivity contribution is 0.954. The summed E-state index contributed by atoms with van der Waals surface area (Å²) in [5.41, 5.74) is 9.66. The second-order valence-corrected chi connectivity index (χ2v) is 15.5. The SMILES string of the molecule is c1ccc(-c2ccc3c(c2)c2ccccc2n3-c2nc(-c3ccc4c(c3)sc3ccccc34)nc(-c3ccc4c5ccccc5n(-c5ccccc5)c4c3)n2)cc1. The third kappa shape index (κ3) is 5.04. The van der Waals surface area contributed by atoms with Gasteiger partial charge in [0.2, 0.25) is 5.95 Å². The van der Waals surface area contributed by atoms with Crippen LogP contribution >= 0.6 is 11.3 Å². The number of thiophene rings is 1. The van der Waals surface area contributed by atoms with Crippen LogP contribution in [0.15, 0.2) is 188 Å². The van der Waals surface area contributed by atoms with Crippen molar-refractivity contribution in [1.82, 2.24) is 24.1 Å². The molecule has 4 aromatic heterocycles. The summed E-state index contributed by atoms with van der Waals surface area (Å²) < 4.78 is 7.01. The van der Waals surface area contributed by atoms with Gasteiger partial charge in [-0.2, -0.15) is 9.97 Å². The minimum atomic E-state index is 0.578. The fourth-order valence-corrected chi connectivity index (χ4v) is 9.70. The summed E-state index contributed by atoms with van der Waals surface area (Å²) in [4.78, 5) is 15.9. The van der Waals surface area contributed by atoms with Crippen LogP contribution in [-0.2, 0) is 0 Å². The first-order chi connectivity index (χ1) is 28.2. The minimum absolute atomic E-state index is 0.578. The number of fused-ring (bicyclic) bond motifs is 9. The number of hydrogen-bond donors (Lipinski definition) is 0. The molecule has 0 spiro atoms. The Labute approximate surface area is 331 Å². The molecule has 0 radical (unpaired) electrons. The van der Waals surface area contributed by atoms with Crippen molar-refractivity contribution in [3.63, 3.8) is 0 Å². The second-order valence-electron chi connectivity index (χ2n) is 14.5. The van der Waals surface area contributed by atoms with Crippen molar-refractivity contribution in [2.24, 2.45) is 0 Å². The summed E-state index contributed by atoms with van der Waals surface area (Å²) >= 11 is 1.80. The molecule has 0 aliphatic heterocycles. The van der Waals surface area contributed by atoms with Crippen molar-refractivity contribution in [1.29, 1.82) is 0 Å². The predicted molar refractivity (Wildman–Crippen MR) is 238 cm³/mol. The number of hydrogen-bond acceptors (Lipinski definition) is 4. The molecule has 8 aromatic carbocycles. The molecule has 0 unspecified atom stereocenters. The van der Waals surface area contributed by atoms with Gasteiger partial charge in [-0.1, -0.05) is 133 Å². The zero-order chi connectivity index (χ0) is 37.5. The van der Waals surface area contributed by atoms with E-state index in [0.717, 1.165) is 49.7 Å². The van der Waals surface area contributed by atoms with Crippen LogP contribution in [0.2, 0.25) is 0 Å². The zero-order valence-corrected chi connectivity index (χ0v) is 31.4. The number of benzene rings is 8. The summed E-state index contributed by atoms with van der Waals surface area (Å²) in [5, 5.41) is 7.19. The van der Waals surface area contributed by atoms with E-state index < -0.39 is 0 Å². The fourth-order valence-electron chi connectivity index (χ4n) is 8.55. The van der Waals surface area contributed by atoms with Gasteiger partial charge in [0.05, 0.1) is 22.1 Å². The highest BCUT2D eigenvalue weighted by molar-refractivity contribution is 7.25. The second kappa shape index (κ2) is 12.6. The molecule has 57 heavy (non-hydrogen) atoms. The largest absolute Gasteiger partial charge is 0.309 e. The van der Waals surface area contributed by atoms with Gasteiger partial charge in [0.15, 0.2) is 11.6 Å². The first-order valence-corrected chi connectivity index (χ1v) is 19.9.